The Kier molecular flexibility index (Phi) is 5.10. The summed E-state index contributed by atoms with van der Waals surface area (Å²) in [5, 5.41) is 0. The second-order valence-electron chi connectivity index (χ2n) is 6.94. The highest BCUT2D eigenvalue weighted by atomic mass is 32.1. The predicted molar refractivity (Wildman–Crippen MR) is 115 cm³/mol. The number of nitrogens with zero attached hydrogens (tertiary/aromatic N) is 2. The SMILES string of the molecule is Cc1cc(C(=S)N2CCOCC2)c(C)n1-c1ccc(-c2ccccc2)cc1. The molecular formula is C23H24N2OS. The molecule has 1 aliphatic rings. The van der Waals surface area contributed by atoms with Gasteiger partial charge < -0.3 is 14.2 Å². The number of rotatable bonds is 3. The highest BCUT2D eigenvalue weighted by Gasteiger charge is 2.20. The van der Waals surface area contributed by atoms with E-state index in [4.69, 9.17) is 17.0 Å². The van der Waals surface area contributed by atoms with Crippen molar-refractivity contribution in [1.29, 1.82) is 0 Å². The molecule has 2 heterocycles. The molecule has 4 rings (SSSR count). The van der Waals surface area contributed by atoms with Crippen LogP contribution in [0.25, 0.3) is 16.8 Å². The number of aryl methyl sites for hydroxylation is 1. The van der Waals surface area contributed by atoms with Crippen LogP contribution in [0.4, 0.5) is 0 Å². The molecule has 0 spiro atoms. The first kappa shape index (κ1) is 18.0. The Labute approximate surface area is 166 Å². The van der Waals surface area contributed by atoms with Crippen molar-refractivity contribution >= 4 is 17.2 Å². The lowest BCUT2D eigenvalue weighted by Gasteiger charge is -2.29. The van der Waals surface area contributed by atoms with E-state index in [9.17, 15) is 0 Å². The summed E-state index contributed by atoms with van der Waals surface area (Å²) in [7, 11) is 0. The Morgan fingerprint density at radius 1 is 0.889 bits per heavy atom. The summed E-state index contributed by atoms with van der Waals surface area (Å²) < 4.78 is 7.74. The van der Waals surface area contributed by atoms with E-state index in [0.29, 0.717) is 0 Å². The first-order chi connectivity index (χ1) is 13.1. The van der Waals surface area contributed by atoms with Gasteiger partial charge in [-0.1, -0.05) is 54.7 Å². The maximum atomic E-state index is 5.79. The molecule has 0 saturated carbocycles. The maximum absolute atomic E-state index is 5.79. The third-order valence-corrected chi connectivity index (χ3v) is 5.67. The van der Waals surface area contributed by atoms with Crippen LogP contribution in [0.5, 0.6) is 0 Å². The molecule has 1 fully saturated rings. The fraction of sp³-hybridized carbons (Fsp3) is 0.261. The van der Waals surface area contributed by atoms with Gasteiger partial charge in [0.05, 0.1) is 13.2 Å². The number of hydrogen-bond acceptors (Lipinski definition) is 2. The first-order valence-electron chi connectivity index (χ1n) is 9.37. The topological polar surface area (TPSA) is 17.4 Å². The lowest BCUT2D eigenvalue weighted by Crippen LogP contribution is -2.40. The fourth-order valence-electron chi connectivity index (χ4n) is 3.75. The largest absolute Gasteiger partial charge is 0.378 e. The number of aromatic nitrogens is 1. The monoisotopic (exact) mass is 376 g/mol. The minimum Gasteiger partial charge on any atom is -0.378 e. The molecule has 4 heteroatoms. The Morgan fingerprint density at radius 3 is 2.19 bits per heavy atom. The predicted octanol–water partition coefficient (Wildman–Crippen LogP) is 4.77. The van der Waals surface area contributed by atoms with Crippen molar-refractivity contribution in [3.05, 3.63) is 77.6 Å². The van der Waals surface area contributed by atoms with Gasteiger partial charge in [-0.15, -0.1) is 0 Å². The first-order valence-corrected chi connectivity index (χ1v) is 9.78. The molecule has 138 valence electrons. The highest BCUT2D eigenvalue weighted by Crippen LogP contribution is 2.25. The van der Waals surface area contributed by atoms with Crippen LogP contribution in [0.1, 0.15) is 17.0 Å². The zero-order chi connectivity index (χ0) is 18.8. The van der Waals surface area contributed by atoms with E-state index in [2.05, 4.69) is 77.9 Å². The lowest BCUT2D eigenvalue weighted by molar-refractivity contribution is 0.0692. The van der Waals surface area contributed by atoms with Gasteiger partial charge in [-0.25, -0.2) is 0 Å². The Morgan fingerprint density at radius 2 is 1.52 bits per heavy atom. The second kappa shape index (κ2) is 7.67. The number of hydrogen-bond donors (Lipinski definition) is 0. The van der Waals surface area contributed by atoms with Crippen molar-refractivity contribution in [2.45, 2.75) is 13.8 Å². The lowest BCUT2D eigenvalue weighted by atomic mass is 10.1. The van der Waals surface area contributed by atoms with Crippen molar-refractivity contribution in [3.8, 4) is 16.8 Å². The number of thiocarbonyl (C=S) groups is 1. The average molecular weight is 377 g/mol. The molecule has 0 radical (unpaired) electrons. The third-order valence-electron chi connectivity index (χ3n) is 5.19. The normalized spacial score (nSPS) is 14.4. The van der Waals surface area contributed by atoms with Gasteiger partial charge in [0, 0.05) is 35.7 Å². The van der Waals surface area contributed by atoms with E-state index in [1.807, 2.05) is 6.07 Å². The van der Waals surface area contributed by atoms with E-state index in [-0.39, 0.29) is 0 Å². The molecule has 0 unspecified atom stereocenters. The van der Waals surface area contributed by atoms with Crippen LogP contribution in [-0.2, 0) is 4.74 Å². The molecule has 1 aliphatic heterocycles. The van der Waals surface area contributed by atoms with E-state index >= 15 is 0 Å². The van der Waals surface area contributed by atoms with Crippen molar-refractivity contribution < 1.29 is 4.74 Å². The van der Waals surface area contributed by atoms with E-state index in [1.54, 1.807) is 0 Å². The Hall–Kier alpha value is -2.43. The van der Waals surface area contributed by atoms with Gasteiger partial charge in [0.1, 0.15) is 4.99 Å². The van der Waals surface area contributed by atoms with Crippen LogP contribution < -0.4 is 0 Å². The van der Waals surface area contributed by atoms with Crippen LogP contribution >= 0.6 is 12.2 Å². The molecule has 0 bridgehead atoms. The molecule has 0 amide bonds. The highest BCUT2D eigenvalue weighted by molar-refractivity contribution is 7.80. The van der Waals surface area contributed by atoms with Crippen molar-refractivity contribution in [3.63, 3.8) is 0 Å². The molecule has 1 saturated heterocycles. The summed E-state index contributed by atoms with van der Waals surface area (Å²) >= 11 is 5.79. The standard InChI is InChI=1S/C23H24N2OS/c1-17-16-22(23(27)24-12-14-26-15-13-24)18(2)25(17)21-10-8-20(9-11-21)19-6-4-3-5-7-19/h3-11,16H,12-15H2,1-2H3. The average Bonchev–Trinajstić information content (AvgIpc) is 3.03. The summed E-state index contributed by atoms with van der Waals surface area (Å²) in [5.74, 6) is 0. The Balaban J connectivity index is 1.64. The molecule has 0 aliphatic carbocycles. The molecule has 0 atom stereocenters. The van der Waals surface area contributed by atoms with E-state index in [1.165, 1.54) is 28.2 Å². The summed E-state index contributed by atoms with van der Waals surface area (Å²) in [6.07, 6.45) is 0. The van der Waals surface area contributed by atoms with E-state index < -0.39 is 0 Å². The van der Waals surface area contributed by atoms with E-state index in [0.717, 1.165) is 36.9 Å². The van der Waals surface area contributed by atoms with Crippen LogP contribution in [0.2, 0.25) is 0 Å². The summed E-state index contributed by atoms with van der Waals surface area (Å²) in [6.45, 7) is 7.53. The Bertz CT molecular complexity index is 939. The minimum absolute atomic E-state index is 0.750. The van der Waals surface area contributed by atoms with Crippen LogP contribution in [0.15, 0.2) is 60.7 Å². The van der Waals surface area contributed by atoms with Crippen molar-refractivity contribution in [1.82, 2.24) is 9.47 Å². The van der Waals surface area contributed by atoms with Gasteiger partial charge in [-0.05, 0) is 43.2 Å². The molecule has 0 N–H and O–H groups in total. The molecule has 3 nitrogen and oxygen atoms in total. The summed E-state index contributed by atoms with van der Waals surface area (Å²) in [6, 6.07) is 21.4. The van der Waals surface area contributed by atoms with Gasteiger partial charge in [0.25, 0.3) is 0 Å². The van der Waals surface area contributed by atoms with Crippen molar-refractivity contribution in [2.75, 3.05) is 26.3 Å². The molecule has 1 aromatic heterocycles. The smallest absolute Gasteiger partial charge is 0.111 e. The zero-order valence-corrected chi connectivity index (χ0v) is 16.6. The van der Waals surface area contributed by atoms with Gasteiger partial charge >= 0.3 is 0 Å². The van der Waals surface area contributed by atoms with Crippen LogP contribution in [0, 0.1) is 13.8 Å². The summed E-state index contributed by atoms with van der Waals surface area (Å²) in [4.78, 5) is 3.18. The van der Waals surface area contributed by atoms with Gasteiger partial charge in [0.2, 0.25) is 0 Å². The maximum Gasteiger partial charge on any atom is 0.111 e. The zero-order valence-electron chi connectivity index (χ0n) is 15.8. The number of ether oxygens (including phenoxy) is 1. The number of benzene rings is 2. The minimum atomic E-state index is 0.750. The molecule has 27 heavy (non-hydrogen) atoms. The quantitative estimate of drug-likeness (QED) is 0.613. The third kappa shape index (κ3) is 3.55. The fourth-order valence-corrected chi connectivity index (χ4v) is 4.14. The van der Waals surface area contributed by atoms with Crippen LogP contribution in [-0.4, -0.2) is 40.8 Å². The second-order valence-corrected chi connectivity index (χ2v) is 7.32. The van der Waals surface area contributed by atoms with Gasteiger partial charge in [-0.2, -0.15) is 0 Å². The molecule has 2 aromatic carbocycles. The van der Waals surface area contributed by atoms with Crippen LogP contribution in [0.3, 0.4) is 0 Å². The summed E-state index contributed by atoms with van der Waals surface area (Å²) in [5.41, 5.74) is 7.17. The number of morpholine rings is 1. The molecular weight excluding hydrogens is 352 g/mol. The van der Waals surface area contributed by atoms with Gasteiger partial charge in [0.15, 0.2) is 0 Å². The van der Waals surface area contributed by atoms with Crippen molar-refractivity contribution in [2.24, 2.45) is 0 Å². The molecule has 3 aromatic rings. The van der Waals surface area contributed by atoms with Gasteiger partial charge in [-0.3, -0.25) is 0 Å².